The summed E-state index contributed by atoms with van der Waals surface area (Å²) in [6.07, 6.45) is 1.87. The van der Waals surface area contributed by atoms with Gasteiger partial charge in [-0.3, -0.25) is 0 Å². The van der Waals surface area contributed by atoms with E-state index in [9.17, 15) is 8.42 Å². The van der Waals surface area contributed by atoms with Gasteiger partial charge in [-0.15, -0.1) is 0 Å². The van der Waals surface area contributed by atoms with Gasteiger partial charge in [-0.2, -0.15) is 0 Å². The minimum atomic E-state index is -3.66. The molecule has 0 heterocycles. The SMILES string of the molecule is CC1CCC(NS(=O)(=O)c2cc(CO)ccc2Cl)C1C. The Morgan fingerprint density at radius 3 is 2.60 bits per heavy atom. The van der Waals surface area contributed by atoms with Crippen LogP contribution in [0.25, 0.3) is 0 Å². The van der Waals surface area contributed by atoms with Gasteiger partial charge in [0.1, 0.15) is 4.90 Å². The molecule has 3 unspecified atom stereocenters. The molecule has 0 amide bonds. The van der Waals surface area contributed by atoms with Gasteiger partial charge in [0, 0.05) is 6.04 Å². The molecule has 0 bridgehead atoms. The zero-order chi connectivity index (χ0) is 14.9. The summed E-state index contributed by atoms with van der Waals surface area (Å²) in [7, 11) is -3.66. The first kappa shape index (κ1) is 15.8. The number of hydrogen-bond donors (Lipinski definition) is 2. The predicted molar refractivity (Wildman–Crippen MR) is 79.0 cm³/mol. The number of aliphatic hydroxyl groups excluding tert-OH is 1. The molecular weight excluding hydrogens is 298 g/mol. The molecule has 0 aliphatic heterocycles. The van der Waals surface area contributed by atoms with Crippen LogP contribution in [0.4, 0.5) is 0 Å². The number of nitrogens with one attached hydrogen (secondary N) is 1. The van der Waals surface area contributed by atoms with Crippen molar-refractivity contribution in [3.05, 3.63) is 28.8 Å². The van der Waals surface area contributed by atoms with Crippen molar-refractivity contribution in [2.45, 2.75) is 44.2 Å². The van der Waals surface area contributed by atoms with Crippen LogP contribution in [0, 0.1) is 11.8 Å². The average Bonchev–Trinajstić information content (AvgIpc) is 2.70. The van der Waals surface area contributed by atoms with Crippen molar-refractivity contribution in [1.82, 2.24) is 4.72 Å². The fraction of sp³-hybridized carbons (Fsp3) is 0.571. The molecule has 1 aliphatic carbocycles. The first-order valence-corrected chi connectivity index (χ1v) is 8.63. The van der Waals surface area contributed by atoms with Gasteiger partial charge in [-0.25, -0.2) is 13.1 Å². The number of hydrogen-bond acceptors (Lipinski definition) is 3. The molecule has 0 aromatic heterocycles. The Balaban J connectivity index is 2.27. The normalized spacial score (nSPS) is 26.9. The Kier molecular flexibility index (Phi) is 4.74. The summed E-state index contributed by atoms with van der Waals surface area (Å²) >= 11 is 5.99. The summed E-state index contributed by atoms with van der Waals surface area (Å²) in [6, 6.07) is 4.49. The molecular formula is C14H20ClNO3S. The quantitative estimate of drug-likeness (QED) is 0.897. The van der Waals surface area contributed by atoms with Crippen molar-refractivity contribution in [2.75, 3.05) is 0 Å². The van der Waals surface area contributed by atoms with E-state index in [0.717, 1.165) is 12.8 Å². The van der Waals surface area contributed by atoms with Gasteiger partial charge in [0.15, 0.2) is 0 Å². The Bertz CT molecular complexity index is 588. The van der Waals surface area contributed by atoms with Gasteiger partial charge in [0.05, 0.1) is 11.6 Å². The van der Waals surface area contributed by atoms with E-state index in [1.54, 1.807) is 6.07 Å². The lowest BCUT2D eigenvalue weighted by Crippen LogP contribution is -2.37. The summed E-state index contributed by atoms with van der Waals surface area (Å²) < 4.78 is 27.7. The van der Waals surface area contributed by atoms with Crippen LogP contribution < -0.4 is 4.72 Å². The third-order valence-electron chi connectivity index (χ3n) is 4.24. The van der Waals surface area contributed by atoms with Gasteiger partial charge in [-0.1, -0.05) is 31.5 Å². The first-order valence-electron chi connectivity index (χ1n) is 6.76. The molecule has 3 atom stereocenters. The van der Waals surface area contributed by atoms with Gasteiger partial charge in [0.2, 0.25) is 10.0 Å². The highest BCUT2D eigenvalue weighted by molar-refractivity contribution is 7.89. The van der Waals surface area contributed by atoms with Crippen LogP contribution in [-0.4, -0.2) is 19.6 Å². The monoisotopic (exact) mass is 317 g/mol. The lowest BCUT2D eigenvalue weighted by molar-refractivity contribution is 0.281. The maximum Gasteiger partial charge on any atom is 0.242 e. The summed E-state index contributed by atoms with van der Waals surface area (Å²) in [5.74, 6) is 0.825. The molecule has 4 nitrogen and oxygen atoms in total. The molecule has 1 aliphatic rings. The third kappa shape index (κ3) is 3.17. The van der Waals surface area contributed by atoms with Crippen molar-refractivity contribution in [2.24, 2.45) is 11.8 Å². The zero-order valence-electron chi connectivity index (χ0n) is 11.6. The molecule has 0 spiro atoms. The highest BCUT2D eigenvalue weighted by Crippen LogP contribution is 2.33. The van der Waals surface area contributed by atoms with E-state index < -0.39 is 10.0 Å². The molecule has 6 heteroatoms. The van der Waals surface area contributed by atoms with E-state index >= 15 is 0 Å². The third-order valence-corrected chi connectivity index (χ3v) is 6.21. The Hall–Kier alpha value is -0.620. The second kappa shape index (κ2) is 6.02. The van der Waals surface area contributed by atoms with Crippen molar-refractivity contribution in [1.29, 1.82) is 0 Å². The fourth-order valence-electron chi connectivity index (χ4n) is 2.65. The van der Waals surface area contributed by atoms with Gasteiger partial charge in [-0.05, 0) is 42.4 Å². The molecule has 0 radical (unpaired) electrons. The zero-order valence-corrected chi connectivity index (χ0v) is 13.2. The van der Waals surface area contributed by atoms with E-state index in [4.69, 9.17) is 16.7 Å². The molecule has 2 rings (SSSR count). The minimum absolute atomic E-state index is 0.0393. The molecule has 2 N–H and O–H groups in total. The number of aliphatic hydroxyl groups is 1. The van der Waals surface area contributed by atoms with Gasteiger partial charge >= 0.3 is 0 Å². The van der Waals surface area contributed by atoms with E-state index in [0.29, 0.717) is 17.4 Å². The standard InChI is InChI=1S/C14H20ClNO3S/c1-9-3-6-13(10(9)2)16-20(18,19)14-7-11(8-17)4-5-12(14)15/h4-5,7,9-10,13,16-17H,3,6,8H2,1-2H3. The summed E-state index contributed by atoms with van der Waals surface area (Å²) in [5.41, 5.74) is 0.530. The molecule has 20 heavy (non-hydrogen) atoms. The largest absolute Gasteiger partial charge is 0.392 e. The van der Waals surface area contributed by atoms with Gasteiger partial charge < -0.3 is 5.11 Å². The smallest absolute Gasteiger partial charge is 0.242 e. The number of benzene rings is 1. The second-order valence-electron chi connectivity index (χ2n) is 5.56. The van der Waals surface area contributed by atoms with E-state index in [-0.39, 0.29) is 22.6 Å². The van der Waals surface area contributed by atoms with Crippen LogP contribution in [0.15, 0.2) is 23.1 Å². The van der Waals surface area contributed by atoms with E-state index in [1.165, 1.54) is 12.1 Å². The van der Waals surface area contributed by atoms with Crippen LogP contribution in [0.1, 0.15) is 32.3 Å². The maximum atomic E-state index is 12.5. The molecule has 1 aromatic rings. The molecule has 1 aromatic carbocycles. The van der Waals surface area contributed by atoms with Crippen LogP contribution in [-0.2, 0) is 16.6 Å². The lowest BCUT2D eigenvalue weighted by atomic mass is 9.98. The van der Waals surface area contributed by atoms with Crippen LogP contribution in [0.2, 0.25) is 5.02 Å². The van der Waals surface area contributed by atoms with Crippen molar-refractivity contribution >= 4 is 21.6 Å². The first-order chi connectivity index (χ1) is 9.35. The Labute approximate surface area is 125 Å². The second-order valence-corrected chi connectivity index (χ2v) is 7.65. The minimum Gasteiger partial charge on any atom is -0.392 e. The van der Waals surface area contributed by atoms with Crippen molar-refractivity contribution < 1.29 is 13.5 Å². The highest BCUT2D eigenvalue weighted by Gasteiger charge is 2.33. The fourth-order valence-corrected chi connectivity index (χ4v) is 4.56. The topological polar surface area (TPSA) is 66.4 Å². The van der Waals surface area contributed by atoms with E-state index in [2.05, 4.69) is 18.6 Å². The molecule has 112 valence electrons. The maximum absolute atomic E-state index is 12.5. The number of sulfonamides is 1. The molecule has 1 fully saturated rings. The highest BCUT2D eigenvalue weighted by atomic mass is 35.5. The summed E-state index contributed by atoms with van der Waals surface area (Å²) in [5, 5.41) is 9.30. The molecule has 1 saturated carbocycles. The van der Waals surface area contributed by atoms with E-state index in [1.807, 2.05) is 0 Å². The Morgan fingerprint density at radius 2 is 2.05 bits per heavy atom. The van der Waals surface area contributed by atoms with Crippen molar-refractivity contribution in [3.63, 3.8) is 0 Å². The lowest BCUT2D eigenvalue weighted by Gasteiger charge is -2.20. The number of rotatable bonds is 4. The van der Waals surface area contributed by atoms with Crippen LogP contribution >= 0.6 is 11.6 Å². The molecule has 0 saturated heterocycles. The number of halogens is 1. The summed E-state index contributed by atoms with van der Waals surface area (Å²) in [4.78, 5) is 0.0393. The van der Waals surface area contributed by atoms with Crippen molar-refractivity contribution in [3.8, 4) is 0 Å². The predicted octanol–water partition coefficient (Wildman–Crippen LogP) is 2.55. The average molecular weight is 318 g/mol. The summed E-state index contributed by atoms with van der Waals surface area (Å²) in [6.45, 7) is 3.99. The Morgan fingerprint density at radius 1 is 1.35 bits per heavy atom. The van der Waals surface area contributed by atoms with Gasteiger partial charge in [0.25, 0.3) is 0 Å². The van der Waals surface area contributed by atoms with Crippen LogP contribution in [0.5, 0.6) is 0 Å². The van der Waals surface area contributed by atoms with Crippen LogP contribution in [0.3, 0.4) is 0 Å².